The summed E-state index contributed by atoms with van der Waals surface area (Å²) in [5.41, 5.74) is 0.977. The molecule has 0 saturated carbocycles. The van der Waals surface area contributed by atoms with Gasteiger partial charge in [0.1, 0.15) is 0 Å². The molecule has 0 N–H and O–H groups in total. The number of hydrogen-bond acceptors (Lipinski definition) is 5. The third-order valence-corrected chi connectivity index (χ3v) is 5.68. The van der Waals surface area contributed by atoms with E-state index >= 15 is 0 Å². The van der Waals surface area contributed by atoms with Crippen LogP contribution in [0.3, 0.4) is 0 Å². The van der Waals surface area contributed by atoms with Crippen LogP contribution in [-0.2, 0) is 13.3 Å². The van der Waals surface area contributed by atoms with E-state index in [1.807, 2.05) is 19.1 Å². The fourth-order valence-electron chi connectivity index (χ4n) is 1.89. The van der Waals surface area contributed by atoms with Crippen molar-refractivity contribution in [1.82, 2.24) is 0 Å². The van der Waals surface area contributed by atoms with Gasteiger partial charge >= 0.3 is 8.80 Å². The fraction of sp³-hybridized carbons (Fsp3) is 0.500. The molecule has 18 heavy (non-hydrogen) atoms. The van der Waals surface area contributed by atoms with E-state index in [0.29, 0.717) is 11.5 Å². The first-order valence-corrected chi connectivity index (χ1v) is 7.19. The summed E-state index contributed by atoms with van der Waals surface area (Å²) in [6.07, 6.45) is 0. The van der Waals surface area contributed by atoms with E-state index in [4.69, 9.17) is 22.8 Å². The minimum Gasteiger partial charge on any atom is -0.493 e. The minimum atomic E-state index is -2.86. The summed E-state index contributed by atoms with van der Waals surface area (Å²) in [4.78, 5) is 0. The predicted molar refractivity (Wildman–Crippen MR) is 70.7 cm³/mol. The third-order valence-electron chi connectivity index (χ3n) is 2.87. The Morgan fingerprint density at radius 1 is 0.778 bits per heavy atom. The van der Waals surface area contributed by atoms with Crippen LogP contribution in [-0.4, -0.2) is 44.4 Å². The molecule has 0 radical (unpaired) electrons. The molecule has 0 unspecified atom stereocenters. The van der Waals surface area contributed by atoms with Crippen molar-refractivity contribution in [2.24, 2.45) is 0 Å². The SMILES string of the molecule is COc1cc(C)c([Si](OC)(OC)OC)cc1OC. The maximum atomic E-state index is 5.47. The highest BCUT2D eigenvalue weighted by Crippen LogP contribution is 2.28. The van der Waals surface area contributed by atoms with Gasteiger partial charge in [-0.05, 0) is 24.6 Å². The molecule has 0 aliphatic heterocycles. The van der Waals surface area contributed by atoms with E-state index in [-0.39, 0.29) is 0 Å². The van der Waals surface area contributed by atoms with Crippen molar-refractivity contribution in [2.75, 3.05) is 35.5 Å². The minimum absolute atomic E-state index is 0.626. The van der Waals surface area contributed by atoms with E-state index in [1.165, 1.54) is 0 Å². The van der Waals surface area contributed by atoms with Gasteiger partial charge in [0.05, 0.1) is 14.2 Å². The summed E-state index contributed by atoms with van der Waals surface area (Å²) in [6.45, 7) is 1.95. The monoisotopic (exact) mass is 272 g/mol. The second kappa shape index (κ2) is 6.19. The maximum Gasteiger partial charge on any atom is 0.536 e. The van der Waals surface area contributed by atoms with Crippen LogP contribution in [0.1, 0.15) is 5.56 Å². The van der Waals surface area contributed by atoms with E-state index in [1.54, 1.807) is 35.5 Å². The molecule has 0 fully saturated rings. The normalized spacial score (nSPS) is 11.4. The Kier molecular flexibility index (Phi) is 5.15. The van der Waals surface area contributed by atoms with Gasteiger partial charge in [0.25, 0.3) is 0 Å². The van der Waals surface area contributed by atoms with Crippen molar-refractivity contribution < 1.29 is 22.8 Å². The second-order valence-electron chi connectivity index (χ2n) is 3.69. The molecule has 0 amide bonds. The summed E-state index contributed by atoms with van der Waals surface area (Å²) in [5.74, 6) is 1.30. The molecule has 0 bridgehead atoms. The summed E-state index contributed by atoms with van der Waals surface area (Å²) in [7, 11) is 5.07. The summed E-state index contributed by atoms with van der Waals surface area (Å²) in [5, 5.41) is 0.868. The summed E-state index contributed by atoms with van der Waals surface area (Å²) in [6, 6.07) is 3.73. The van der Waals surface area contributed by atoms with Gasteiger partial charge < -0.3 is 22.8 Å². The summed E-state index contributed by atoms with van der Waals surface area (Å²) >= 11 is 0. The van der Waals surface area contributed by atoms with Gasteiger partial charge in [0, 0.05) is 26.5 Å². The molecule has 0 atom stereocenters. The Labute approximate surface area is 109 Å². The lowest BCUT2D eigenvalue weighted by atomic mass is 10.2. The lowest BCUT2D eigenvalue weighted by Gasteiger charge is -2.26. The van der Waals surface area contributed by atoms with Gasteiger partial charge in [0.2, 0.25) is 0 Å². The zero-order valence-electron chi connectivity index (χ0n) is 11.7. The predicted octanol–water partition coefficient (Wildman–Crippen LogP) is 1.10. The van der Waals surface area contributed by atoms with Gasteiger partial charge in [0.15, 0.2) is 11.5 Å². The molecule has 0 heterocycles. The van der Waals surface area contributed by atoms with E-state index in [2.05, 4.69) is 0 Å². The second-order valence-corrected chi connectivity index (χ2v) is 6.57. The standard InChI is InChI=1S/C12H20O5Si/c1-9-7-10(13-2)11(14-3)8-12(9)18(15-4,16-5)17-6/h7-8H,1-6H3. The maximum absolute atomic E-state index is 5.47. The van der Waals surface area contributed by atoms with Gasteiger partial charge in [-0.2, -0.15) is 0 Å². The highest BCUT2D eigenvalue weighted by atomic mass is 28.4. The van der Waals surface area contributed by atoms with Crippen LogP contribution in [0.15, 0.2) is 12.1 Å². The molecule has 6 heteroatoms. The van der Waals surface area contributed by atoms with Crippen molar-refractivity contribution in [3.05, 3.63) is 17.7 Å². The van der Waals surface area contributed by atoms with Crippen LogP contribution < -0.4 is 14.7 Å². The number of rotatable bonds is 6. The van der Waals surface area contributed by atoms with Crippen molar-refractivity contribution >= 4 is 14.0 Å². The first-order chi connectivity index (χ1) is 8.58. The van der Waals surface area contributed by atoms with Crippen LogP contribution in [0.5, 0.6) is 11.5 Å². The molecular formula is C12H20O5Si. The number of ether oxygens (including phenoxy) is 2. The molecule has 1 aromatic carbocycles. The van der Waals surface area contributed by atoms with Gasteiger partial charge in [-0.1, -0.05) is 0 Å². The van der Waals surface area contributed by atoms with Crippen LogP contribution >= 0.6 is 0 Å². The number of aryl methyl sites for hydroxylation is 1. The van der Waals surface area contributed by atoms with E-state index in [0.717, 1.165) is 10.8 Å². The van der Waals surface area contributed by atoms with E-state index < -0.39 is 8.80 Å². The van der Waals surface area contributed by atoms with Crippen molar-refractivity contribution in [1.29, 1.82) is 0 Å². The molecule has 0 spiro atoms. The van der Waals surface area contributed by atoms with E-state index in [9.17, 15) is 0 Å². The quantitative estimate of drug-likeness (QED) is 0.726. The summed E-state index contributed by atoms with van der Waals surface area (Å²) < 4.78 is 27.0. The highest BCUT2D eigenvalue weighted by Gasteiger charge is 2.42. The first-order valence-electron chi connectivity index (χ1n) is 5.47. The third kappa shape index (κ3) is 2.51. The largest absolute Gasteiger partial charge is 0.536 e. The molecule has 0 aromatic heterocycles. The van der Waals surface area contributed by atoms with Crippen molar-refractivity contribution in [3.8, 4) is 11.5 Å². The van der Waals surface area contributed by atoms with Crippen LogP contribution in [0.4, 0.5) is 0 Å². The lowest BCUT2D eigenvalue weighted by Crippen LogP contribution is -2.55. The molecular weight excluding hydrogens is 252 g/mol. The Morgan fingerprint density at radius 2 is 1.22 bits per heavy atom. The average Bonchev–Trinajstić information content (AvgIpc) is 2.42. The molecule has 5 nitrogen and oxygen atoms in total. The lowest BCUT2D eigenvalue weighted by molar-refractivity contribution is 0.140. The molecule has 1 rings (SSSR count). The Hall–Kier alpha value is -1.08. The molecule has 0 saturated heterocycles. The number of hydrogen-bond donors (Lipinski definition) is 0. The molecule has 1 aromatic rings. The molecule has 0 aliphatic rings. The topological polar surface area (TPSA) is 46.2 Å². The van der Waals surface area contributed by atoms with Crippen molar-refractivity contribution in [3.63, 3.8) is 0 Å². The fourth-order valence-corrected chi connectivity index (χ4v) is 3.91. The van der Waals surface area contributed by atoms with Crippen molar-refractivity contribution in [2.45, 2.75) is 6.92 Å². The number of methoxy groups -OCH3 is 2. The molecule has 102 valence electrons. The van der Waals surface area contributed by atoms with Crippen LogP contribution in [0, 0.1) is 6.92 Å². The smallest absolute Gasteiger partial charge is 0.493 e. The Balaban J connectivity index is 3.40. The zero-order valence-corrected chi connectivity index (χ0v) is 12.7. The van der Waals surface area contributed by atoms with Gasteiger partial charge in [-0.25, -0.2) is 0 Å². The highest BCUT2D eigenvalue weighted by molar-refractivity contribution is 6.75. The van der Waals surface area contributed by atoms with Crippen LogP contribution in [0.2, 0.25) is 0 Å². The molecule has 0 aliphatic carbocycles. The zero-order chi connectivity index (χ0) is 13.8. The van der Waals surface area contributed by atoms with Gasteiger partial charge in [-0.3, -0.25) is 0 Å². The van der Waals surface area contributed by atoms with Gasteiger partial charge in [-0.15, -0.1) is 0 Å². The average molecular weight is 272 g/mol. The Bertz CT molecular complexity index is 395. The Morgan fingerprint density at radius 3 is 1.61 bits per heavy atom. The first kappa shape index (κ1) is 15.0. The van der Waals surface area contributed by atoms with Crippen LogP contribution in [0.25, 0.3) is 0 Å². The number of benzene rings is 1.